The molecular weight excluding hydrogens is 458 g/mol. The monoisotopic (exact) mass is 483 g/mol. The lowest BCUT2D eigenvalue weighted by atomic mass is 10.1. The number of hydrogen-bond acceptors (Lipinski definition) is 9. The lowest BCUT2D eigenvalue weighted by Crippen LogP contribution is -2.13. The smallest absolute Gasteiger partial charge is 0.337 e. The van der Waals surface area contributed by atoms with Gasteiger partial charge in [-0.1, -0.05) is 0 Å². The molecule has 0 fully saturated rings. The molecule has 1 amide bonds. The van der Waals surface area contributed by atoms with Crippen LogP contribution in [0, 0.1) is 0 Å². The second kappa shape index (κ2) is 11.1. The number of amides is 1. The van der Waals surface area contributed by atoms with E-state index < -0.39 is 17.8 Å². The summed E-state index contributed by atoms with van der Waals surface area (Å²) in [5.74, 6) is 0.232. The third-order valence-corrected chi connectivity index (χ3v) is 5.09. The molecule has 1 N–H and O–H groups in total. The van der Waals surface area contributed by atoms with E-state index in [1.165, 1.54) is 52.7 Å². The molecule has 0 saturated carbocycles. The number of furan rings is 1. The van der Waals surface area contributed by atoms with Gasteiger partial charge in [0.1, 0.15) is 23.0 Å². The summed E-state index contributed by atoms with van der Waals surface area (Å²) in [4.78, 5) is 36.8. The summed E-state index contributed by atoms with van der Waals surface area (Å²) in [6, 6.07) is 10.7. The minimum absolute atomic E-state index is 0.0227. The van der Waals surface area contributed by atoms with E-state index in [-0.39, 0.29) is 29.0 Å². The lowest BCUT2D eigenvalue weighted by Gasteiger charge is -2.14. The molecule has 0 saturated heterocycles. The average molecular weight is 483 g/mol. The predicted octanol–water partition coefficient (Wildman–Crippen LogP) is 3.72. The van der Waals surface area contributed by atoms with E-state index in [0.717, 1.165) is 0 Å². The Morgan fingerprint density at radius 2 is 1.34 bits per heavy atom. The van der Waals surface area contributed by atoms with Crippen LogP contribution < -0.4 is 19.5 Å². The zero-order valence-electron chi connectivity index (χ0n) is 19.9. The third-order valence-electron chi connectivity index (χ3n) is 5.09. The number of nitrogens with one attached hydrogen (secondary N) is 1. The van der Waals surface area contributed by atoms with E-state index in [0.29, 0.717) is 28.6 Å². The maximum Gasteiger partial charge on any atom is 0.337 e. The van der Waals surface area contributed by atoms with Crippen molar-refractivity contribution in [3.05, 3.63) is 70.7 Å². The summed E-state index contributed by atoms with van der Waals surface area (Å²) in [5.41, 5.74) is 1.05. The van der Waals surface area contributed by atoms with Crippen LogP contribution in [0.4, 0.5) is 5.69 Å². The summed E-state index contributed by atoms with van der Waals surface area (Å²) in [5, 5.41) is 2.62. The zero-order valence-corrected chi connectivity index (χ0v) is 19.9. The Labute approximate surface area is 201 Å². The number of carbonyl (C=O) groups is 3. The Balaban J connectivity index is 1.85. The van der Waals surface area contributed by atoms with Gasteiger partial charge in [-0.3, -0.25) is 4.79 Å². The normalized spacial score (nSPS) is 10.3. The van der Waals surface area contributed by atoms with Crippen molar-refractivity contribution in [2.45, 2.75) is 6.42 Å². The maximum atomic E-state index is 12.8. The first kappa shape index (κ1) is 25.2. The summed E-state index contributed by atoms with van der Waals surface area (Å²) < 4.78 is 31.3. The first-order valence-electron chi connectivity index (χ1n) is 10.3. The van der Waals surface area contributed by atoms with E-state index in [2.05, 4.69) is 5.32 Å². The summed E-state index contributed by atoms with van der Waals surface area (Å²) >= 11 is 0. The maximum absolute atomic E-state index is 12.8. The summed E-state index contributed by atoms with van der Waals surface area (Å²) in [6.45, 7) is 0. The molecule has 35 heavy (non-hydrogen) atoms. The summed E-state index contributed by atoms with van der Waals surface area (Å²) in [7, 11) is 7.03. The van der Waals surface area contributed by atoms with Gasteiger partial charge < -0.3 is 33.4 Å². The van der Waals surface area contributed by atoms with Crippen molar-refractivity contribution < 1.29 is 42.5 Å². The van der Waals surface area contributed by atoms with Gasteiger partial charge in [0.05, 0.1) is 46.7 Å². The molecule has 3 rings (SSSR count). The van der Waals surface area contributed by atoms with Crippen molar-refractivity contribution in [2.75, 3.05) is 40.9 Å². The van der Waals surface area contributed by atoms with Gasteiger partial charge in [-0.05, 0) is 30.3 Å². The number of carbonyl (C=O) groups excluding carboxylic acids is 3. The van der Waals surface area contributed by atoms with E-state index >= 15 is 0 Å². The minimum Gasteiger partial charge on any atom is -0.496 e. The standard InChI is InChI=1S/C25H25NO9/c1-30-18-12-21(31-2)19(22(13-18)32-3)11-17-6-7-20(35-17)23(27)26-16-9-14(24(28)33-4)8-15(10-16)25(29)34-5/h6-10,12-13H,11H2,1-5H3,(H,26,27). The number of methoxy groups -OCH3 is 5. The molecule has 0 aliphatic rings. The molecule has 0 unspecified atom stereocenters. The highest BCUT2D eigenvalue weighted by molar-refractivity contribution is 6.04. The van der Waals surface area contributed by atoms with Crippen LogP contribution in [0.25, 0.3) is 0 Å². The van der Waals surface area contributed by atoms with E-state index in [9.17, 15) is 14.4 Å². The molecule has 3 aromatic rings. The number of benzene rings is 2. The molecular formula is C25H25NO9. The molecule has 2 aromatic carbocycles. The highest BCUT2D eigenvalue weighted by atomic mass is 16.5. The van der Waals surface area contributed by atoms with Crippen LogP contribution in [0.1, 0.15) is 42.6 Å². The number of esters is 2. The SMILES string of the molecule is COC(=O)c1cc(NC(=O)c2ccc(Cc3c(OC)cc(OC)cc3OC)o2)cc(C(=O)OC)c1. The van der Waals surface area contributed by atoms with Crippen molar-refractivity contribution in [3.63, 3.8) is 0 Å². The Morgan fingerprint density at radius 3 is 1.83 bits per heavy atom. The van der Waals surface area contributed by atoms with Gasteiger partial charge >= 0.3 is 11.9 Å². The number of ether oxygens (including phenoxy) is 5. The van der Waals surface area contributed by atoms with Gasteiger partial charge in [-0.2, -0.15) is 0 Å². The second-order valence-corrected chi connectivity index (χ2v) is 7.19. The molecule has 10 nitrogen and oxygen atoms in total. The Morgan fingerprint density at radius 1 is 0.771 bits per heavy atom. The van der Waals surface area contributed by atoms with Crippen LogP contribution in [0.3, 0.4) is 0 Å². The van der Waals surface area contributed by atoms with Crippen molar-refractivity contribution in [2.24, 2.45) is 0 Å². The molecule has 0 aliphatic carbocycles. The van der Waals surface area contributed by atoms with Crippen LogP contribution >= 0.6 is 0 Å². The van der Waals surface area contributed by atoms with Crippen LogP contribution in [0.15, 0.2) is 46.9 Å². The van der Waals surface area contributed by atoms with Gasteiger partial charge in [0.25, 0.3) is 5.91 Å². The van der Waals surface area contributed by atoms with Gasteiger partial charge in [0, 0.05) is 29.8 Å². The highest BCUT2D eigenvalue weighted by Gasteiger charge is 2.19. The van der Waals surface area contributed by atoms with Gasteiger partial charge in [0.15, 0.2) is 5.76 Å². The van der Waals surface area contributed by atoms with E-state index in [1.54, 1.807) is 25.3 Å². The first-order chi connectivity index (χ1) is 16.8. The van der Waals surface area contributed by atoms with Crippen molar-refractivity contribution in [3.8, 4) is 17.2 Å². The van der Waals surface area contributed by atoms with Crippen LogP contribution in [-0.4, -0.2) is 53.4 Å². The van der Waals surface area contributed by atoms with Crippen molar-refractivity contribution >= 4 is 23.5 Å². The minimum atomic E-state index is -0.672. The largest absolute Gasteiger partial charge is 0.496 e. The van der Waals surface area contributed by atoms with Gasteiger partial charge in [-0.15, -0.1) is 0 Å². The molecule has 0 radical (unpaired) electrons. The fraction of sp³-hybridized carbons (Fsp3) is 0.240. The fourth-order valence-corrected chi connectivity index (χ4v) is 3.39. The number of hydrogen-bond donors (Lipinski definition) is 1. The molecule has 1 heterocycles. The van der Waals surface area contributed by atoms with E-state index in [1.807, 2.05) is 0 Å². The lowest BCUT2D eigenvalue weighted by molar-refractivity contribution is 0.0599. The molecule has 0 aliphatic heterocycles. The molecule has 10 heteroatoms. The topological polar surface area (TPSA) is 123 Å². The van der Waals surface area contributed by atoms with Crippen LogP contribution in [0.2, 0.25) is 0 Å². The first-order valence-corrected chi connectivity index (χ1v) is 10.3. The molecule has 0 bridgehead atoms. The second-order valence-electron chi connectivity index (χ2n) is 7.19. The van der Waals surface area contributed by atoms with Crippen LogP contribution in [-0.2, 0) is 15.9 Å². The van der Waals surface area contributed by atoms with Crippen molar-refractivity contribution in [1.82, 2.24) is 0 Å². The van der Waals surface area contributed by atoms with Gasteiger partial charge in [0.2, 0.25) is 0 Å². The molecule has 184 valence electrons. The van der Waals surface area contributed by atoms with Gasteiger partial charge in [-0.25, -0.2) is 9.59 Å². The Kier molecular flexibility index (Phi) is 7.98. The van der Waals surface area contributed by atoms with E-state index in [4.69, 9.17) is 28.1 Å². The zero-order chi connectivity index (χ0) is 25.5. The number of anilines is 1. The summed E-state index contributed by atoms with van der Waals surface area (Å²) in [6.07, 6.45) is 0.286. The highest BCUT2D eigenvalue weighted by Crippen LogP contribution is 2.36. The number of rotatable bonds is 9. The predicted molar refractivity (Wildman–Crippen MR) is 125 cm³/mol. The van der Waals surface area contributed by atoms with Crippen LogP contribution in [0.5, 0.6) is 17.2 Å². The van der Waals surface area contributed by atoms with Crippen molar-refractivity contribution in [1.29, 1.82) is 0 Å². The Bertz CT molecular complexity index is 1190. The average Bonchev–Trinajstić information content (AvgIpc) is 3.36. The quantitative estimate of drug-likeness (QED) is 0.454. The fourth-order valence-electron chi connectivity index (χ4n) is 3.39. The molecule has 0 spiro atoms. The molecule has 1 aromatic heterocycles. The Hall–Kier alpha value is -4.47. The molecule has 0 atom stereocenters. The third kappa shape index (κ3) is 5.72.